The molecule has 6 heteroatoms. The highest BCUT2D eigenvalue weighted by Gasteiger charge is 2.33. The molecule has 0 aromatic heterocycles. The summed E-state index contributed by atoms with van der Waals surface area (Å²) in [6, 6.07) is 8.59. The van der Waals surface area contributed by atoms with Crippen molar-refractivity contribution >= 4 is 11.9 Å². The van der Waals surface area contributed by atoms with Crippen molar-refractivity contribution in [2.75, 3.05) is 20.3 Å². The van der Waals surface area contributed by atoms with Gasteiger partial charge in [0.15, 0.2) is 12.4 Å². The van der Waals surface area contributed by atoms with Gasteiger partial charge in [0.1, 0.15) is 6.61 Å². The van der Waals surface area contributed by atoms with E-state index in [2.05, 4.69) is 4.74 Å². The minimum absolute atomic E-state index is 0.0682. The van der Waals surface area contributed by atoms with Crippen LogP contribution in [0.25, 0.3) is 0 Å². The van der Waals surface area contributed by atoms with Crippen molar-refractivity contribution in [2.45, 2.75) is 12.4 Å². The molecule has 0 saturated carbocycles. The second kappa shape index (κ2) is 6.31. The highest BCUT2D eigenvalue weighted by atomic mass is 16.7. The van der Waals surface area contributed by atoms with Crippen LogP contribution in [0.1, 0.15) is 10.4 Å². The Bertz CT molecular complexity index is 444. The summed E-state index contributed by atoms with van der Waals surface area (Å²) < 4.78 is 20.0. The monoisotopic (exact) mass is 266 g/mol. The molecule has 0 N–H and O–H groups in total. The maximum absolute atomic E-state index is 11.6. The van der Waals surface area contributed by atoms with E-state index < -0.39 is 24.3 Å². The summed E-state index contributed by atoms with van der Waals surface area (Å²) in [5.41, 5.74) is 0.449. The van der Waals surface area contributed by atoms with Gasteiger partial charge in [-0.2, -0.15) is 0 Å². The summed E-state index contributed by atoms with van der Waals surface area (Å²) in [5, 5.41) is 0. The Morgan fingerprint density at radius 1 is 1.32 bits per heavy atom. The molecule has 0 radical (unpaired) electrons. The molecule has 0 unspecified atom stereocenters. The normalized spacial score (nSPS) is 21.9. The first-order chi connectivity index (χ1) is 9.20. The number of benzene rings is 1. The number of hydrogen-bond donors (Lipinski definition) is 0. The summed E-state index contributed by atoms with van der Waals surface area (Å²) in [5.74, 6) is -0.966. The van der Waals surface area contributed by atoms with E-state index in [0.29, 0.717) is 5.56 Å². The lowest BCUT2D eigenvalue weighted by Crippen LogP contribution is -2.26. The SMILES string of the molecule is COC(=O)[C@H]1CO[C@H](COC(=O)c2ccccc2)O1. The molecule has 1 saturated heterocycles. The topological polar surface area (TPSA) is 71.1 Å². The highest BCUT2D eigenvalue weighted by molar-refractivity contribution is 5.89. The molecule has 2 rings (SSSR count). The van der Waals surface area contributed by atoms with Crippen molar-refractivity contribution in [3.8, 4) is 0 Å². The quantitative estimate of drug-likeness (QED) is 0.749. The van der Waals surface area contributed by atoms with Crippen LogP contribution in [0.3, 0.4) is 0 Å². The third-order valence-corrected chi connectivity index (χ3v) is 2.57. The van der Waals surface area contributed by atoms with Gasteiger partial charge in [0, 0.05) is 0 Å². The van der Waals surface area contributed by atoms with Crippen LogP contribution in [0.15, 0.2) is 30.3 Å². The fraction of sp³-hybridized carbons (Fsp3) is 0.385. The fourth-order valence-electron chi connectivity index (χ4n) is 1.60. The van der Waals surface area contributed by atoms with Gasteiger partial charge in [0.2, 0.25) is 0 Å². The van der Waals surface area contributed by atoms with Crippen molar-refractivity contribution in [1.29, 1.82) is 0 Å². The number of rotatable bonds is 4. The van der Waals surface area contributed by atoms with E-state index >= 15 is 0 Å². The predicted molar refractivity (Wildman–Crippen MR) is 63.4 cm³/mol. The van der Waals surface area contributed by atoms with Crippen molar-refractivity contribution in [3.63, 3.8) is 0 Å². The van der Waals surface area contributed by atoms with Gasteiger partial charge >= 0.3 is 11.9 Å². The minimum Gasteiger partial charge on any atom is -0.467 e. The molecule has 0 bridgehead atoms. The van der Waals surface area contributed by atoms with Crippen LogP contribution in [0, 0.1) is 0 Å². The van der Waals surface area contributed by atoms with Crippen molar-refractivity contribution in [1.82, 2.24) is 0 Å². The number of carbonyl (C=O) groups excluding carboxylic acids is 2. The van der Waals surface area contributed by atoms with Crippen LogP contribution >= 0.6 is 0 Å². The van der Waals surface area contributed by atoms with E-state index in [1.807, 2.05) is 0 Å². The average Bonchev–Trinajstić information content (AvgIpc) is 2.93. The molecular formula is C13H14O6. The molecule has 0 amide bonds. The number of esters is 2. The Morgan fingerprint density at radius 3 is 2.74 bits per heavy atom. The Hall–Kier alpha value is -1.92. The van der Waals surface area contributed by atoms with Crippen LogP contribution < -0.4 is 0 Å². The third-order valence-electron chi connectivity index (χ3n) is 2.57. The molecule has 0 spiro atoms. The molecule has 1 aliphatic rings. The maximum Gasteiger partial charge on any atom is 0.338 e. The molecule has 1 heterocycles. The van der Waals surface area contributed by atoms with Gasteiger partial charge in [-0.1, -0.05) is 18.2 Å². The van der Waals surface area contributed by atoms with Crippen LogP contribution in [0.4, 0.5) is 0 Å². The van der Waals surface area contributed by atoms with E-state index in [4.69, 9.17) is 14.2 Å². The molecule has 6 nitrogen and oxygen atoms in total. The summed E-state index contributed by atoms with van der Waals surface area (Å²) in [4.78, 5) is 22.8. The number of hydrogen-bond acceptors (Lipinski definition) is 6. The lowest BCUT2D eigenvalue weighted by molar-refractivity contribution is -0.155. The van der Waals surface area contributed by atoms with Gasteiger partial charge in [-0.05, 0) is 12.1 Å². The smallest absolute Gasteiger partial charge is 0.338 e. The van der Waals surface area contributed by atoms with E-state index in [0.717, 1.165) is 0 Å². The van der Waals surface area contributed by atoms with Gasteiger partial charge in [-0.3, -0.25) is 0 Å². The van der Waals surface area contributed by atoms with Crippen LogP contribution in [0.5, 0.6) is 0 Å². The largest absolute Gasteiger partial charge is 0.467 e. The van der Waals surface area contributed by atoms with Crippen LogP contribution in [-0.2, 0) is 23.7 Å². The maximum atomic E-state index is 11.6. The zero-order valence-corrected chi connectivity index (χ0v) is 10.4. The highest BCUT2D eigenvalue weighted by Crippen LogP contribution is 2.13. The van der Waals surface area contributed by atoms with Gasteiger partial charge < -0.3 is 18.9 Å². The number of ether oxygens (including phenoxy) is 4. The predicted octanol–water partition coefficient (Wildman–Crippen LogP) is 0.758. The van der Waals surface area contributed by atoms with E-state index in [1.165, 1.54) is 7.11 Å². The molecule has 0 aliphatic carbocycles. The molecule has 2 atom stereocenters. The van der Waals surface area contributed by atoms with Crippen molar-refractivity contribution < 1.29 is 28.5 Å². The van der Waals surface area contributed by atoms with Gasteiger partial charge in [0.05, 0.1) is 19.3 Å². The molecule has 1 fully saturated rings. The zero-order valence-electron chi connectivity index (χ0n) is 10.4. The van der Waals surface area contributed by atoms with Crippen molar-refractivity contribution in [2.24, 2.45) is 0 Å². The minimum atomic E-state index is -0.759. The van der Waals surface area contributed by atoms with E-state index in [9.17, 15) is 9.59 Å². The summed E-state index contributed by atoms with van der Waals surface area (Å²) in [7, 11) is 1.27. The molecule has 1 aliphatic heterocycles. The Kier molecular flexibility index (Phi) is 4.48. The lowest BCUT2D eigenvalue weighted by Gasteiger charge is -2.11. The van der Waals surface area contributed by atoms with Gasteiger partial charge in [-0.25, -0.2) is 9.59 Å². The molecule has 1 aromatic carbocycles. The second-order valence-electron chi connectivity index (χ2n) is 3.88. The Morgan fingerprint density at radius 2 is 2.05 bits per heavy atom. The second-order valence-corrected chi connectivity index (χ2v) is 3.88. The molecule has 19 heavy (non-hydrogen) atoms. The lowest BCUT2D eigenvalue weighted by atomic mass is 10.2. The summed E-state index contributed by atoms with van der Waals surface area (Å²) >= 11 is 0. The zero-order chi connectivity index (χ0) is 13.7. The van der Waals surface area contributed by atoms with E-state index in [-0.39, 0.29) is 13.2 Å². The average molecular weight is 266 g/mol. The standard InChI is InChI=1S/C13H14O6/c1-16-13(15)10-7-17-11(19-10)8-18-12(14)9-5-3-2-4-6-9/h2-6,10-11H,7-8H2,1H3/t10-,11+/m1/s1. The van der Waals surface area contributed by atoms with Crippen LogP contribution in [0.2, 0.25) is 0 Å². The molecule has 1 aromatic rings. The molecular weight excluding hydrogens is 252 g/mol. The Labute approximate surface area is 110 Å². The first-order valence-electron chi connectivity index (χ1n) is 5.78. The first kappa shape index (κ1) is 13.5. The Balaban J connectivity index is 1.78. The number of carbonyl (C=O) groups is 2. The summed E-state index contributed by atoms with van der Waals surface area (Å²) in [6.07, 6.45) is -1.50. The third kappa shape index (κ3) is 3.52. The summed E-state index contributed by atoms with van der Waals surface area (Å²) in [6.45, 7) is 0.0292. The van der Waals surface area contributed by atoms with Crippen molar-refractivity contribution in [3.05, 3.63) is 35.9 Å². The van der Waals surface area contributed by atoms with Crippen LogP contribution in [-0.4, -0.2) is 44.7 Å². The van der Waals surface area contributed by atoms with Gasteiger partial charge in [0.25, 0.3) is 0 Å². The number of methoxy groups -OCH3 is 1. The van der Waals surface area contributed by atoms with Gasteiger partial charge in [-0.15, -0.1) is 0 Å². The first-order valence-corrected chi connectivity index (χ1v) is 5.78. The molecule has 102 valence electrons. The fourth-order valence-corrected chi connectivity index (χ4v) is 1.60. The van der Waals surface area contributed by atoms with E-state index in [1.54, 1.807) is 30.3 Å².